The molecular weight excluding hydrogens is 248 g/mol. The summed E-state index contributed by atoms with van der Waals surface area (Å²) < 4.78 is 4.81. The van der Waals surface area contributed by atoms with Crippen LogP contribution in [0.2, 0.25) is 0 Å². The maximum absolute atomic E-state index is 11.6. The lowest BCUT2D eigenvalue weighted by Crippen LogP contribution is -2.45. The van der Waals surface area contributed by atoms with Gasteiger partial charge in [0.25, 0.3) is 0 Å². The van der Waals surface area contributed by atoms with Gasteiger partial charge in [-0.15, -0.1) is 0 Å². The van der Waals surface area contributed by atoms with E-state index < -0.39 is 17.6 Å². The van der Waals surface area contributed by atoms with Crippen LogP contribution in [-0.4, -0.2) is 28.8 Å². The zero-order chi connectivity index (χ0) is 14.3. The van der Waals surface area contributed by atoms with Crippen molar-refractivity contribution in [3.8, 4) is 0 Å². The van der Waals surface area contributed by atoms with Gasteiger partial charge < -0.3 is 15.2 Å². The average molecular weight is 264 g/mol. The molecule has 0 saturated carbocycles. The summed E-state index contributed by atoms with van der Waals surface area (Å²) in [5.41, 5.74) is -0.423. The second kappa shape index (κ2) is 6.53. The van der Waals surface area contributed by atoms with Crippen LogP contribution >= 0.6 is 0 Å². The van der Waals surface area contributed by atoms with Crippen LogP contribution in [0.4, 0.5) is 4.79 Å². The molecular formula is C13H16N2O4. The summed E-state index contributed by atoms with van der Waals surface area (Å²) in [4.78, 5) is 26.4. The first-order chi connectivity index (χ1) is 8.98. The highest BCUT2D eigenvalue weighted by atomic mass is 16.5. The molecule has 1 atom stereocenters. The standard InChI is InChI=1S/C13H16N2O4/c1-3-8-19-12(18)15-13(2,9-11(16)17)10-4-6-14-7-5-10/h3-7H,1,8-9H2,2H3,(H,15,18)(H,16,17). The third kappa shape index (κ3) is 4.42. The molecule has 0 fully saturated rings. The van der Waals surface area contributed by atoms with Gasteiger partial charge in [-0.3, -0.25) is 9.78 Å². The first kappa shape index (κ1) is 14.7. The number of carbonyl (C=O) groups excluding carboxylic acids is 1. The van der Waals surface area contributed by atoms with Gasteiger partial charge in [0.1, 0.15) is 6.61 Å². The van der Waals surface area contributed by atoms with Gasteiger partial charge in [0.2, 0.25) is 0 Å². The van der Waals surface area contributed by atoms with E-state index in [4.69, 9.17) is 9.84 Å². The zero-order valence-corrected chi connectivity index (χ0v) is 10.6. The molecule has 2 N–H and O–H groups in total. The van der Waals surface area contributed by atoms with Gasteiger partial charge in [-0.1, -0.05) is 12.7 Å². The number of nitrogens with one attached hydrogen (secondary N) is 1. The second-order valence-corrected chi connectivity index (χ2v) is 4.15. The first-order valence-corrected chi connectivity index (χ1v) is 5.66. The van der Waals surface area contributed by atoms with E-state index in [1.54, 1.807) is 19.1 Å². The van der Waals surface area contributed by atoms with Crippen LogP contribution in [0.15, 0.2) is 37.2 Å². The highest BCUT2D eigenvalue weighted by molar-refractivity contribution is 5.73. The third-order valence-corrected chi connectivity index (χ3v) is 2.53. The third-order valence-electron chi connectivity index (χ3n) is 2.53. The summed E-state index contributed by atoms with van der Waals surface area (Å²) in [7, 11) is 0. The number of pyridine rings is 1. The van der Waals surface area contributed by atoms with Gasteiger partial charge in [0, 0.05) is 12.4 Å². The van der Waals surface area contributed by atoms with E-state index in [9.17, 15) is 9.59 Å². The van der Waals surface area contributed by atoms with Crippen LogP contribution < -0.4 is 5.32 Å². The molecule has 19 heavy (non-hydrogen) atoms. The first-order valence-electron chi connectivity index (χ1n) is 5.66. The van der Waals surface area contributed by atoms with Crippen molar-refractivity contribution in [1.82, 2.24) is 10.3 Å². The van der Waals surface area contributed by atoms with Crippen molar-refractivity contribution in [3.63, 3.8) is 0 Å². The number of hydrogen-bond donors (Lipinski definition) is 2. The smallest absolute Gasteiger partial charge is 0.408 e. The molecule has 6 heteroatoms. The highest BCUT2D eigenvalue weighted by Crippen LogP contribution is 2.24. The van der Waals surface area contributed by atoms with Crippen LogP contribution in [0.3, 0.4) is 0 Å². The monoisotopic (exact) mass is 264 g/mol. The van der Waals surface area contributed by atoms with Crippen molar-refractivity contribution >= 4 is 12.1 Å². The van der Waals surface area contributed by atoms with Crippen molar-refractivity contribution < 1.29 is 19.4 Å². The number of aromatic nitrogens is 1. The van der Waals surface area contributed by atoms with Gasteiger partial charge in [0.15, 0.2) is 0 Å². The summed E-state index contributed by atoms with van der Waals surface area (Å²) in [6, 6.07) is 3.30. The number of ether oxygens (including phenoxy) is 1. The quantitative estimate of drug-likeness (QED) is 0.763. The highest BCUT2D eigenvalue weighted by Gasteiger charge is 2.32. The van der Waals surface area contributed by atoms with Crippen molar-refractivity contribution in [2.24, 2.45) is 0 Å². The van der Waals surface area contributed by atoms with Crippen LogP contribution in [0.25, 0.3) is 0 Å². The lowest BCUT2D eigenvalue weighted by atomic mass is 9.89. The van der Waals surface area contributed by atoms with Crippen LogP contribution in [-0.2, 0) is 15.1 Å². The molecule has 1 aromatic heterocycles. The fourth-order valence-electron chi connectivity index (χ4n) is 1.64. The van der Waals surface area contributed by atoms with Crippen molar-refractivity contribution in [1.29, 1.82) is 0 Å². The van der Waals surface area contributed by atoms with Crippen LogP contribution in [0.1, 0.15) is 18.9 Å². The molecule has 6 nitrogen and oxygen atoms in total. The van der Waals surface area contributed by atoms with Crippen molar-refractivity contribution in [2.45, 2.75) is 18.9 Å². The second-order valence-electron chi connectivity index (χ2n) is 4.15. The molecule has 0 aliphatic carbocycles. The van der Waals surface area contributed by atoms with E-state index in [0.717, 1.165) is 0 Å². The molecule has 1 amide bonds. The number of alkyl carbamates (subject to hydrolysis) is 1. The van der Waals surface area contributed by atoms with Gasteiger partial charge >= 0.3 is 12.1 Å². The van der Waals surface area contributed by atoms with E-state index in [0.29, 0.717) is 5.56 Å². The SMILES string of the molecule is C=CCOC(=O)NC(C)(CC(=O)O)c1ccncc1. The minimum atomic E-state index is -1.06. The lowest BCUT2D eigenvalue weighted by Gasteiger charge is -2.29. The Balaban J connectivity index is 2.90. The Morgan fingerprint density at radius 2 is 2.16 bits per heavy atom. The van der Waals surface area contributed by atoms with E-state index in [-0.39, 0.29) is 13.0 Å². The van der Waals surface area contributed by atoms with E-state index >= 15 is 0 Å². The predicted octanol–water partition coefficient (Wildman–Crippen LogP) is 1.68. The van der Waals surface area contributed by atoms with Crippen molar-refractivity contribution in [3.05, 3.63) is 42.7 Å². The Morgan fingerprint density at radius 1 is 1.53 bits per heavy atom. The van der Waals surface area contributed by atoms with Gasteiger partial charge in [-0.05, 0) is 24.6 Å². The molecule has 102 valence electrons. The topological polar surface area (TPSA) is 88.5 Å². The average Bonchev–Trinajstić information content (AvgIpc) is 2.36. The molecule has 0 aromatic carbocycles. The van der Waals surface area contributed by atoms with Crippen LogP contribution in [0, 0.1) is 0 Å². The van der Waals surface area contributed by atoms with Gasteiger partial charge in [0.05, 0.1) is 12.0 Å². The fourth-order valence-corrected chi connectivity index (χ4v) is 1.64. The fraction of sp³-hybridized carbons (Fsp3) is 0.308. The maximum atomic E-state index is 11.6. The summed E-state index contributed by atoms with van der Waals surface area (Å²) in [6.07, 6.45) is 3.54. The summed E-state index contributed by atoms with van der Waals surface area (Å²) >= 11 is 0. The van der Waals surface area contributed by atoms with E-state index in [2.05, 4.69) is 16.9 Å². The van der Waals surface area contributed by atoms with Crippen LogP contribution in [0.5, 0.6) is 0 Å². The van der Waals surface area contributed by atoms with Crippen molar-refractivity contribution in [2.75, 3.05) is 6.61 Å². The Kier molecular flexibility index (Phi) is 5.05. The predicted molar refractivity (Wildman–Crippen MR) is 68.5 cm³/mol. The van der Waals surface area contributed by atoms with Gasteiger partial charge in [-0.2, -0.15) is 0 Å². The van der Waals surface area contributed by atoms with E-state index in [1.807, 2.05) is 0 Å². The molecule has 1 unspecified atom stereocenters. The number of nitrogens with zero attached hydrogens (tertiary/aromatic N) is 1. The maximum Gasteiger partial charge on any atom is 0.408 e. The number of rotatable bonds is 6. The summed E-state index contributed by atoms with van der Waals surface area (Å²) in [5, 5.41) is 11.5. The minimum Gasteiger partial charge on any atom is -0.481 e. The van der Waals surface area contributed by atoms with E-state index in [1.165, 1.54) is 18.5 Å². The largest absolute Gasteiger partial charge is 0.481 e. The molecule has 1 rings (SSSR count). The molecule has 0 bridgehead atoms. The normalized spacial score (nSPS) is 13.1. The number of carbonyl (C=O) groups is 2. The molecule has 0 aliphatic heterocycles. The molecule has 0 saturated heterocycles. The number of amides is 1. The number of carboxylic acids is 1. The molecule has 0 spiro atoms. The molecule has 0 aliphatic rings. The van der Waals surface area contributed by atoms with Gasteiger partial charge in [-0.25, -0.2) is 4.79 Å². The number of aliphatic carboxylic acids is 1. The number of hydrogen-bond acceptors (Lipinski definition) is 4. The summed E-state index contributed by atoms with van der Waals surface area (Å²) in [6.45, 7) is 5.11. The Labute approximate surface area is 111 Å². The Bertz CT molecular complexity index is 461. The Hall–Kier alpha value is -2.37. The lowest BCUT2D eigenvalue weighted by molar-refractivity contribution is -0.138. The summed E-state index contributed by atoms with van der Waals surface area (Å²) in [5.74, 6) is -1.02. The molecule has 1 aromatic rings. The zero-order valence-electron chi connectivity index (χ0n) is 10.6. The molecule has 1 heterocycles. The number of carboxylic acid groups (broad SMARTS) is 1. The minimum absolute atomic E-state index is 0.0608. The Morgan fingerprint density at radius 3 is 2.68 bits per heavy atom. The molecule has 0 radical (unpaired) electrons.